The summed E-state index contributed by atoms with van der Waals surface area (Å²) in [6.45, 7) is 0.582. The highest BCUT2D eigenvalue weighted by atomic mass is 16.2. The van der Waals surface area contributed by atoms with Crippen LogP contribution in [-0.2, 0) is 0 Å². The van der Waals surface area contributed by atoms with E-state index in [9.17, 15) is 4.79 Å². The van der Waals surface area contributed by atoms with E-state index in [4.69, 9.17) is 6.42 Å². The van der Waals surface area contributed by atoms with E-state index >= 15 is 0 Å². The Labute approximate surface area is 107 Å². The number of terminal acetylenes is 1. The summed E-state index contributed by atoms with van der Waals surface area (Å²) in [6, 6.07) is 13.7. The predicted octanol–water partition coefficient (Wildman–Crippen LogP) is 2.94. The summed E-state index contributed by atoms with van der Waals surface area (Å²) in [5.41, 5.74) is 0.729. The van der Waals surface area contributed by atoms with Crippen molar-refractivity contribution in [3.05, 3.63) is 48.0 Å². The predicted molar refractivity (Wildman–Crippen MR) is 74.4 cm³/mol. The SMILES string of the molecule is C#CCCN(C)C(=O)c1cccc2ccccc12. The summed E-state index contributed by atoms with van der Waals surface area (Å²) in [5, 5.41) is 2.06. The number of benzene rings is 2. The number of carbonyl (C=O) groups is 1. The Balaban J connectivity index is 2.36. The second-order valence-corrected chi connectivity index (χ2v) is 4.21. The maximum Gasteiger partial charge on any atom is 0.254 e. The van der Waals surface area contributed by atoms with Crippen molar-refractivity contribution in [3.63, 3.8) is 0 Å². The fourth-order valence-corrected chi connectivity index (χ4v) is 1.95. The third-order valence-electron chi connectivity index (χ3n) is 2.96. The van der Waals surface area contributed by atoms with Gasteiger partial charge in [0.05, 0.1) is 0 Å². The molecule has 0 heterocycles. The minimum absolute atomic E-state index is 0.0158. The molecule has 0 fully saturated rings. The average Bonchev–Trinajstić information content (AvgIpc) is 2.43. The summed E-state index contributed by atoms with van der Waals surface area (Å²) < 4.78 is 0. The van der Waals surface area contributed by atoms with E-state index in [-0.39, 0.29) is 5.91 Å². The molecule has 2 nitrogen and oxygen atoms in total. The van der Waals surface area contributed by atoms with Gasteiger partial charge in [0.25, 0.3) is 5.91 Å². The molecule has 0 atom stereocenters. The monoisotopic (exact) mass is 237 g/mol. The van der Waals surface area contributed by atoms with Gasteiger partial charge in [0, 0.05) is 25.6 Å². The van der Waals surface area contributed by atoms with E-state index in [1.165, 1.54) is 0 Å². The molecule has 0 bridgehead atoms. The van der Waals surface area contributed by atoms with E-state index < -0.39 is 0 Å². The van der Waals surface area contributed by atoms with Crippen LogP contribution in [0.2, 0.25) is 0 Å². The van der Waals surface area contributed by atoms with Gasteiger partial charge in [0.15, 0.2) is 0 Å². The van der Waals surface area contributed by atoms with Gasteiger partial charge in [-0.2, -0.15) is 0 Å². The van der Waals surface area contributed by atoms with Crippen LogP contribution in [0.3, 0.4) is 0 Å². The van der Waals surface area contributed by atoms with Crippen molar-refractivity contribution in [2.24, 2.45) is 0 Å². The van der Waals surface area contributed by atoms with Crippen molar-refractivity contribution in [3.8, 4) is 12.3 Å². The smallest absolute Gasteiger partial charge is 0.254 e. The van der Waals surface area contributed by atoms with Gasteiger partial charge in [0.2, 0.25) is 0 Å². The molecule has 0 radical (unpaired) electrons. The molecular weight excluding hydrogens is 222 g/mol. The number of fused-ring (bicyclic) bond motifs is 1. The molecule has 2 aromatic rings. The summed E-state index contributed by atoms with van der Waals surface area (Å²) in [4.78, 5) is 14.0. The van der Waals surface area contributed by atoms with Gasteiger partial charge in [0.1, 0.15) is 0 Å². The lowest BCUT2D eigenvalue weighted by atomic mass is 10.0. The molecule has 18 heavy (non-hydrogen) atoms. The van der Waals surface area contributed by atoms with Crippen LogP contribution in [0.1, 0.15) is 16.8 Å². The quantitative estimate of drug-likeness (QED) is 0.752. The molecule has 1 amide bonds. The third-order valence-corrected chi connectivity index (χ3v) is 2.96. The zero-order chi connectivity index (χ0) is 13.0. The lowest BCUT2D eigenvalue weighted by Gasteiger charge is -2.17. The average molecular weight is 237 g/mol. The topological polar surface area (TPSA) is 20.3 Å². The molecule has 2 heteroatoms. The van der Waals surface area contributed by atoms with Crippen molar-refractivity contribution >= 4 is 16.7 Å². The number of amides is 1. The highest BCUT2D eigenvalue weighted by molar-refractivity contribution is 6.06. The van der Waals surface area contributed by atoms with Gasteiger partial charge >= 0.3 is 0 Å². The van der Waals surface area contributed by atoms with Gasteiger partial charge in [-0.25, -0.2) is 0 Å². The number of hydrogen-bond acceptors (Lipinski definition) is 1. The third kappa shape index (κ3) is 2.36. The molecule has 0 aliphatic heterocycles. The molecule has 0 saturated heterocycles. The normalized spacial score (nSPS) is 10.0. The fraction of sp³-hybridized carbons (Fsp3) is 0.188. The second-order valence-electron chi connectivity index (χ2n) is 4.21. The first kappa shape index (κ1) is 12.2. The van der Waals surface area contributed by atoms with Crippen LogP contribution in [0.4, 0.5) is 0 Å². The summed E-state index contributed by atoms with van der Waals surface area (Å²) in [5.74, 6) is 2.56. The number of hydrogen-bond donors (Lipinski definition) is 0. The Kier molecular flexibility index (Phi) is 3.64. The highest BCUT2D eigenvalue weighted by Crippen LogP contribution is 2.19. The maximum atomic E-state index is 12.3. The Hall–Kier alpha value is -2.27. The van der Waals surface area contributed by atoms with E-state index in [1.54, 1.807) is 11.9 Å². The molecule has 2 rings (SSSR count). The van der Waals surface area contributed by atoms with Crippen LogP contribution in [0, 0.1) is 12.3 Å². The molecule has 0 aliphatic rings. The first-order chi connectivity index (χ1) is 8.74. The summed E-state index contributed by atoms with van der Waals surface area (Å²) in [7, 11) is 1.78. The van der Waals surface area contributed by atoms with Crippen molar-refractivity contribution in [1.82, 2.24) is 4.90 Å². The van der Waals surface area contributed by atoms with E-state index in [1.807, 2.05) is 42.5 Å². The molecule has 0 spiro atoms. The first-order valence-electron chi connectivity index (χ1n) is 5.90. The van der Waals surface area contributed by atoms with Gasteiger partial charge < -0.3 is 4.90 Å². The van der Waals surface area contributed by atoms with Gasteiger partial charge in [-0.3, -0.25) is 4.79 Å². The van der Waals surface area contributed by atoms with Gasteiger partial charge in [-0.1, -0.05) is 36.4 Å². The molecule has 0 saturated carbocycles. The zero-order valence-corrected chi connectivity index (χ0v) is 10.4. The van der Waals surface area contributed by atoms with Crippen LogP contribution < -0.4 is 0 Å². The maximum absolute atomic E-state index is 12.3. The number of rotatable bonds is 3. The van der Waals surface area contributed by atoms with Crippen LogP contribution in [0.25, 0.3) is 10.8 Å². The Bertz CT molecular complexity index is 605. The minimum Gasteiger partial charge on any atom is -0.341 e. The lowest BCUT2D eigenvalue weighted by Crippen LogP contribution is -2.27. The van der Waals surface area contributed by atoms with E-state index in [0.29, 0.717) is 13.0 Å². The lowest BCUT2D eigenvalue weighted by molar-refractivity contribution is 0.0800. The molecule has 0 N–H and O–H groups in total. The van der Waals surface area contributed by atoms with Crippen LogP contribution >= 0.6 is 0 Å². The highest BCUT2D eigenvalue weighted by Gasteiger charge is 2.13. The first-order valence-corrected chi connectivity index (χ1v) is 5.90. The van der Waals surface area contributed by atoms with Crippen molar-refractivity contribution < 1.29 is 4.79 Å². The largest absolute Gasteiger partial charge is 0.341 e. The molecule has 0 unspecified atom stereocenters. The Morgan fingerprint density at radius 3 is 2.72 bits per heavy atom. The number of nitrogens with zero attached hydrogens (tertiary/aromatic N) is 1. The molecule has 2 aromatic carbocycles. The summed E-state index contributed by atoms with van der Waals surface area (Å²) in [6.07, 6.45) is 5.79. The zero-order valence-electron chi connectivity index (χ0n) is 10.4. The van der Waals surface area contributed by atoms with Crippen molar-refractivity contribution in [2.45, 2.75) is 6.42 Å². The Morgan fingerprint density at radius 2 is 1.94 bits per heavy atom. The van der Waals surface area contributed by atoms with E-state index in [2.05, 4.69) is 5.92 Å². The van der Waals surface area contributed by atoms with Crippen LogP contribution in [0.15, 0.2) is 42.5 Å². The molecule has 0 aromatic heterocycles. The molecule has 90 valence electrons. The van der Waals surface area contributed by atoms with Crippen molar-refractivity contribution in [1.29, 1.82) is 0 Å². The minimum atomic E-state index is 0.0158. The standard InChI is InChI=1S/C16H15NO/c1-3-4-12-17(2)16(18)15-11-7-9-13-8-5-6-10-14(13)15/h1,5-11H,4,12H2,2H3. The summed E-state index contributed by atoms with van der Waals surface area (Å²) >= 11 is 0. The second kappa shape index (κ2) is 5.37. The fourth-order valence-electron chi connectivity index (χ4n) is 1.95. The number of carbonyl (C=O) groups excluding carboxylic acids is 1. The van der Waals surface area contributed by atoms with Gasteiger partial charge in [-0.15, -0.1) is 12.3 Å². The van der Waals surface area contributed by atoms with Crippen LogP contribution in [-0.4, -0.2) is 24.4 Å². The van der Waals surface area contributed by atoms with Crippen molar-refractivity contribution in [2.75, 3.05) is 13.6 Å². The van der Waals surface area contributed by atoms with E-state index in [0.717, 1.165) is 16.3 Å². The van der Waals surface area contributed by atoms with Crippen LogP contribution in [0.5, 0.6) is 0 Å². The van der Waals surface area contributed by atoms with Gasteiger partial charge in [-0.05, 0) is 16.8 Å². The molecular formula is C16H15NO. The molecule has 0 aliphatic carbocycles. The Morgan fingerprint density at radius 1 is 1.22 bits per heavy atom.